The Morgan fingerprint density at radius 1 is 1.10 bits per heavy atom. The van der Waals surface area contributed by atoms with Gasteiger partial charge in [0.25, 0.3) is 0 Å². The minimum Gasteiger partial charge on any atom is -0.481 e. The van der Waals surface area contributed by atoms with Gasteiger partial charge in [0.15, 0.2) is 6.29 Å². The maximum atomic E-state index is 10.7. The Balaban J connectivity index is 1.90. The van der Waals surface area contributed by atoms with Crippen molar-refractivity contribution in [2.75, 3.05) is 6.61 Å². The van der Waals surface area contributed by atoms with Crippen LogP contribution < -0.4 is 0 Å². The number of unbranched alkanes of at least 4 members (excludes halogenated alkanes) is 5. The molecule has 5 atom stereocenters. The summed E-state index contributed by atoms with van der Waals surface area (Å²) in [5.41, 5.74) is 0. The molecule has 0 bridgehead atoms. The molecular weight excluding hydrogens is 380 g/mol. The van der Waals surface area contributed by atoms with Crippen LogP contribution in [0.2, 0.25) is 0 Å². The minimum absolute atomic E-state index is 0.000372. The van der Waals surface area contributed by atoms with Gasteiger partial charge in [-0.1, -0.05) is 50.5 Å². The first-order valence-corrected chi connectivity index (χ1v) is 12.1. The van der Waals surface area contributed by atoms with Crippen LogP contribution in [0.3, 0.4) is 0 Å². The number of allylic oxidation sites excluding steroid dienone is 3. The first kappa shape index (κ1) is 25.1. The summed E-state index contributed by atoms with van der Waals surface area (Å²) in [6, 6.07) is 0. The number of carboxylic acids is 1. The molecule has 2 fully saturated rings. The second-order valence-corrected chi connectivity index (χ2v) is 8.79. The topological polar surface area (TPSA) is 76.0 Å². The Morgan fingerprint density at radius 2 is 1.93 bits per heavy atom. The van der Waals surface area contributed by atoms with Crippen LogP contribution in [0.5, 0.6) is 0 Å². The summed E-state index contributed by atoms with van der Waals surface area (Å²) >= 11 is 0. The highest BCUT2D eigenvalue weighted by Crippen LogP contribution is 2.39. The van der Waals surface area contributed by atoms with Gasteiger partial charge >= 0.3 is 5.97 Å². The van der Waals surface area contributed by atoms with E-state index in [2.05, 4.69) is 31.2 Å². The second-order valence-electron chi connectivity index (χ2n) is 8.79. The van der Waals surface area contributed by atoms with Crippen molar-refractivity contribution in [3.63, 3.8) is 0 Å². The zero-order valence-electron chi connectivity index (χ0n) is 18.7. The minimum atomic E-state index is -0.747. The zero-order chi connectivity index (χ0) is 21.6. The quantitative estimate of drug-likeness (QED) is 0.280. The Morgan fingerprint density at radius 3 is 2.67 bits per heavy atom. The highest BCUT2D eigenvalue weighted by Gasteiger charge is 2.42. The van der Waals surface area contributed by atoms with Gasteiger partial charge in [0, 0.05) is 25.4 Å². The lowest BCUT2D eigenvalue weighted by Gasteiger charge is -2.29. The lowest BCUT2D eigenvalue weighted by molar-refractivity contribution is -0.193. The van der Waals surface area contributed by atoms with Gasteiger partial charge in [0.05, 0.1) is 12.2 Å². The molecule has 1 unspecified atom stereocenters. The van der Waals surface area contributed by atoms with E-state index < -0.39 is 5.97 Å². The van der Waals surface area contributed by atoms with E-state index in [1.807, 2.05) is 0 Å². The summed E-state index contributed by atoms with van der Waals surface area (Å²) in [7, 11) is 0. The van der Waals surface area contributed by atoms with E-state index in [1.165, 1.54) is 25.7 Å². The average molecular weight is 423 g/mol. The lowest BCUT2D eigenvalue weighted by Crippen LogP contribution is -2.30. The van der Waals surface area contributed by atoms with Crippen molar-refractivity contribution in [1.29, 1.82) is 0 Å². The average Bonchev–Trinajstić information content (AvgIpc) is 3.02. The summed E-state index contributed by atoms with van der Waals surface area (Å²) in [5.74, 6) is -0.412. The standard InChI is InChI=1S/C25H42O5/c1-2-3-4-5-6-10-15-21-20(14-9-7-8-11-16-24(27)28)22(26)19-23(21)30-25-17-12-13-18-29-25/h7,9-10,15,20-23,25-26H,2-6,8,11-14,16-19H2,1H3,(H,27,28)/b9-7-,15-10+/t20-,21-,22+,23-,25?/m1/s1. The van der Waals surface area contributed by atoms with Gasteiger partial charge in [0.1, 0.15) is 0 Å². The molecule has 5 heteroatoms. The SMILES string of the molecule is CCCCCC/C=C/[C@@H]1[C@@H](C/C=C\CCCC(=O)O)[C@@H](O)C[C@H]1OC1CCCCO1. The van der Waals surface area contributed by atoms with Crippen LogP contribution in [0.15, 0.2) is 24.3 Å². The first-order valence-electron chi connectivity index (χ1n) is 12.1. The van der Waals surface area contributed by atoms with Crippen LogP contribution in [0, 0.1) is 11.8 Å². The van der Waals surface area contributed by atoms with Crippen molar-refractivity contribution in [2.45, 2.75) is 109 Å². The van der Waals surface area contributed by atoms with Crippen molar-refractivity contribution in [2.24, 2.45) is 11.8 Å². The van der Waals surface area contributed by atoms with Gasteiger partial charge in [-0.2, -0.15) is 0 Å². The van der Waals surface area contributed by atoms with Crippen molar-refractivity contribution < 1.29 is 24.5 Å². The van der Waals surface area contributed by atoms with Crippen LogP contribution in [0.25, 0.3) is 0 Å². The van der Waals surface area contributed by atoms with E-state index in [1.54, 1.807) is 0 Å². The van der Waals surface area contributed by atoms with Gasteiger partial charge in [-0.3, -0.25) is 4.79 Å². The molecule has 0 aromatic rings. The van der Waals surface area contributed by atoms with Crippen LogP contribution in [-0.4, -0.2) is 41.3 Å². The second kappa shape index (κ2) is 14.8. The van der Waals surface area contributed by atoms with Gasteiger partial charge in [-0.05, 0) is 57.3 Å². The largest absolute Gasteiger partial charge is 0.481 e. The fraction of sp³-hybridized carbons (Fsp3) is 0.800. The predicted octanol–water partition coefficient (Wildman–Crippen LogP) is 5.62. The number of carboxylic acid groups (broad SMARTS) is 1. The normalized spacial score (nSPS) is 29.9. The van der Waals surface area contributed by atoms with Crippen molar-refractivity contribution in [3.8, 4) is 0 Å². The molecule has 1 saturated carbocycles. The van der Waals surface area contributed by atoms with Gasteiger partial charge < -0.3 is 19.7 Å². The maximum absolute atomic E-state index is 10.7. The molecule has 2 rings (SSSR count). The Labute approximate surface area is 182 Å². The predicted molar refractivity (Wildman–Crippen MR) is 119 cm³/mol. The van der Waals surface area contributed by atoms with Crippen LogP contribution in [0.4, 0.5) is 0 Å². The molecular formula is C25H42O5. The number of hydrogen-bond acceptors (Lipinski definition) is 4. The van der Waals surface area contributed by atoms with Crippen LogP contribution in [-0.2, 0) is 14.3 Å². The van der Waals surface area contributed by atoms with E-state index >= 15 is 0 Å². The van der Waals surface area contributed by atoms with Crippen molar-refractivity contribution in [3.05, 3.63) is 24.3 Å². The van der Waals surface area contributed by atoms with E-state index in [0.29, 0.717) is 12.8 Å². The molecule has 0 aromatic carbocycles. The van der Waals surface area contributed by atoms with Gasteiger partial charge in [0.2, 0.25) is 0 Å². The zero-order valence-corrected chi connectivity index (χ0v) is 18.7. The van der Waals surface area contributed by atoms with Crippen LogP contribution >= 0.6 is 0 Å². The molecule has 0 spiro atoms. The lowest BCUT2D eigenvalue weighted by atomic mass is 9.89. The number of aliphatic hydroxyl groups excluding tert-OH is 1. The number of hydrogen-bond donors (Lipinski definition) is 2. The number of aliphatic carboxylic acids is 1. The molecule has 1 saturated heterocycles. The van der Waals surface area contributed by atoms with E-state index in [-0.39, 0.29) is 36.8 Å². The third kappa shape index (κ3) is 9.32. The molecule has 0 radical (unpaired) electrons. The molecule has 2 N–H and O–H groups in total. The fourth-order valence-electron chi connectivity index (χ4n) is 4.53. The monoisotopic (exact) mass is 422 g/mol. The van der Waals surface area contributed by atoms with E-state index in [4.69, 9.17) is 14.6 Å². The summed E-state index contributed by atoms with van der Waals surface area (Å²) in [4.78, 5) is 10.6. The maximum Gasteiger partial charge on any atom is 0.303 e. The third-order valence-electron chi connectivity index (χ3n) is 6.28. The highest BCUT2D eigenvalue weighted by molar-refractivity contribution is 5.66. The van der Waals surface area contributed by atoms with Gasteiger partial charge in [-0.15, -0.1) is 0 Å². The first-order chi connectivity index (χ1) is 14.6. The highest BCUT2D eigenvalue weighted by atomic mass is 16.7. The molecule has 5 nitrogen and oxygen atoms in total. The molecule has 30 heavy (non-hydrogen) atoms. The van der Waals surface area contributed by atoms with Crippen molar-refractivity contribution in [1.82, 2.24) is 0 Å². The Kier molecular flexibility index (Phi) is 12.4. The number of rotatable bonds is 14. The molecule has 0 aromatic heterocycles. The number of aliphatic hydroxyl groups is 1. The van der Waals surface area contributed by atoms with Crippen LogP contribution in [0.1, 0.15) is 90.4 Å². The van der Waals surface area contributed by atoms with Crippen molar-refractivity contribution >= 4 is 5.97 Å². The van der Waals surface area contributed by atoms with E-state index in [9.17, 15) is 9.90 Å². The summed E-state index contributed by atoms with van der Waals surface area (Å²) in [6.45, 7) is 2.99. The Bertz CT molecular complexity index is 524. The summed E-state index contributed by atoms with van der Waals surface area (Å²) in [6.07, 6.45) is 20.6. The molecule has 1 heterocycles. The summed E-state index contributed by atoms with van der Waals surface area (Å²) < 4.78 is 12.1. The summed E-state index contributed by atoms with van der Waals surface area (Å²) in [5, 5.41) is 19.5. The molecule has 172 valence electrons. The smallest absolute Gasteiger partial charge is 0.303 e. The third-order valence-corrected chi connectivity index (χ3v) is 6.28. The number of carbonyl (C=O) groups is 1. The fourth-order valence-corrected chi connectivity index (χ4v) is 4.53. The van der Waals surface area contributed by atoms with Gasteiger partial charge in [-0.25, -0.2) is 0 Å². The molecule has 1 aliphatic carbocycles. The Hall–Kier alpha value is -1.17. The molecule has 0 amide bonds. The molecule has 1 aliphatic heterocycles. The number of ether oxygens (including phenoxy) is 2. The van der Waals surface area contributed by atoms with E-state index in [0.717, 1.165) is 45.1 Å². The molecule has 2 aliphatic rings.